The molecule has 3 rings (SSSR count). The number of rotatable bonds is 9. The highest BCUT2D eigenvalue weighted by Crippen LogP contribution is 2.21. The van der Waals surface area contributed by atoms with Gasteiger partial charge in [-0.2, -0.15) is 0 Å². The van der Waals surface area contributed by atoms with E-state index in [1.165, 1.54) is 0 Å². The molecular formula is C25H27N3O3. The molecule has 160 valence electrons. The van der Waals surface area contributed by atoms with Crippen LogP contribution in [-0.4, -0.2) is 43.9 Å². The number of ether oxygens (including phenoxy) is 1. The summed E-state index contributed by atoms with van der Waals surface area (Å²) < 4.78 is 5.73. The Hall–Kier alpha value is -3.64. The van der Waals surface area contributed by atoms with Crippen LogP contribution in [0.4, 0.5) is 0 Å². The number of likely N-dealkylation sites (N-methyl/N-ethyl adjacent to an activating group) is 1. The molecule has 6 nitrogen and oxygen atoms in total. The van der Waals surface area contributed by atoms with Gasteiger partial charge in [-0.15, -0.1) is 0 Å². The van der Waals surface area contributed by atoms with Gasteiger partial charge < -0.3 is 20.3 Å². The van der Waals surface area contributed by atoms with E-state index in [1.807, 2.05) is 79.7 Å². The van der Waals surface area contributed by atoms with Crippen molar-refractivity contribution in [2.75, 3.05) is 27.2 Å². The van der Waals surface area contributed by atoms with E-state index in [0.29, 0.717) is 17.9 Å². The summed E-state index contributed by atoms with van der Waals surface area (Å²) in [4.78, 5) is 26.9. The first kappa shape index (κ1) is 22.1. The summed E-state index contributed by atoms with van der Waals surface area (Å²) >= 11 is 0. The van der Waals surface area contributed by atoms with Gasteiger partial charge in [0.05, 0.1) is 12.6 Å². The van der Waals surface area contributed by atoms with Crippen molar-refractivity contribution in [1.82, 2.24) is 15.5 Å². The van der Waals surface area contributed by atoms with Gasteiger partial charge in [0.15, 0.2) is 0 Å². The molecule has 0 radical (unpaired) electrons. The summed E-state index contributed by atoms with van der Waals surface area (Å²) in [6, 6.07) is 25.8. The molecule has 0 bridgehead atoms. The number of hydrogen-bond donors (Lipinski definition) is 2. The molecule has 0 saturated heterocycles. The molecular weight excluding hydrogens is 390 g/mol. The molecule has 0 saturated carbocycles. The lowest BCUT2D eigenvalue weighted by atomic mass is 10.1. The third-order valence-corrected chi connectivity index (χ3v) is 4.59. The molecule has 31 heavy (non-hydrogen) atoms. The van der Waals surface area contributed by atoms with Crippen LogP contribution in [-0.2, 0) is 4.79 Å². The van der Waals surface area contributed by atoms with Gasteiger partial charge >= 0.3 is 0 Å². The first-order chi connectivity index (χ1) is 15.0. The average Bonchev–Trinajstić information content (AvgIpc) is 2.78. The molecule has 3 aromatic rings. The molecule has 0 aromatic heterocycles. The van der Waals surface area contributed by atoms with Crippen molar-refractivity contribution in [2.45, 2.75) is 6.04 Å². The maximum Gasteiger partial charge on any atom is 0.251 e. The minimum Gasteiger partial charge on any atom is -0.457 e. The molecule has 0 aliphatic heterocycles. The van der Waals surface area contributed by atoms with Crippen LogP contribution in [0.3, 0.4) is 0 Å². The van der Waals surface area contributed by atoms with Gasteiger partial charge in [0.1, 0.15) is 11.5 Å². The van der Waals surface area contributed by atoms with Gasteiger partial charge in [0.2, 0.25) is 5.91 Å². The van der Waals surface area contributed by atoms with E-state index >= 15 is 0 Å². The van der Waals surface area contributed by atoms with E-state index < -0.39 is 0 Å². The van der Waals surface area contributed by atoms with Crippen LogP contribution < -0.4 is 15.4 Å². The summed E-state index contributed by atoms with van der Waals surface area (Å²) in [5, 5.41) is 5.67. The van der Waals surface area contributed by atoms with Crippen molar-refractivity contribution >= 4 is 11.8 Å². The predicted octanol–water partition coefficient (Wildman–Crippen LogP) is 3.63. The molecule has 0 aliphatic carbocycles. The lowest BCUT2D eigenvalue weighted by molar-refractivity contribution is -0.121. The third-order valence-electron chi connectivity index (χ3n) is 4.59. The minimum absolute atomic E-state index is 0.0993. The fourth-order valence-electron chi connectivity index (χ4n) is 3.09. The maximum atomic E-state index is 12.4. The second-order valence-electron chi connectivity index (χ2n) is 7.42. The predicted molar refractivity (Wildman–Crippen MR) is 121 cm³/mol. The van der Waals surface area contributed by atoms with Crippen molar-refractivity contribution in [3.63, 3.8) is 0 Å². The average molecular weight is 418 g/mol. The van der Waals surface area contributed by atoms with E-state index in [0.717, 1.165) is 11.3 Å². The number of nitrogens with zero attached hydrogens (tertiary/aromatic N) is 1. The number of para-hydroxylation sites is 1. The van der Waals surface area contributed by atoms with Crippen LogP contribution >= 0.6 is 0 Å². The third kappa shape index (κ3) is 6.97. The molecule has 0 spiro atoms. The van der Waals surface area contributed by atoms with Crippen molar-refractivity contribution in [1.29, 1.82) is 0 Å². The maximum absolute atomic E-state index is 12.4. The van der Waals surface area contributed by atoms with Crippen LogP contribution in [0.1, 0.15) is 22.0 Å². The molecule has 0 heterocycles. The van der Waals surface area contributed by atoms with Crippen LogP contribution in [0.25, 0.3) is 0 Å². The van der Waals surface area contributed by atoms with Crippen molar-refractivity contribution in [2.24, 2.45) is 0 Å². The van der Waals surface area contributed by atoms with Crippen LogP contribution in [0, 0.1) is 0 Å². The summed E-state index contributed by atoms with van der Waals surface area (Å²) in [5.41, 5.74) is 1.48. The topological polar surface area (TPSA) is 70.7 Å². The molecule has 2 amide bonds. The van der Waals surface area contributed by atoms with E-state index in [1.54, 1.807) is 24.3 Å². The molecule has 0 aliphatic rings. The largest absolute Gasteiger partial charge is 0.457 e. The first-order valence-corrected chi connectivity index (χ1v) is 10.1. The van der Waals surface area contributed by atoms with Crippen molar-refractivity contribution in [3.8, 4) is 11.5 Å². The Bertz CT molecular complexity index is 974. The highest BCUT2D eigenvalue weighted by atomic mass is 16.5. The van der Waals surface area contributed by atoms with Gasteiger partial charge in [-0.05, 0) is 56.1 Å². The van der Waals surface area contributed by atoms with E-state index in [-0.39, 0.29) is 24.4 Å². The smallest absolute Gasteiger partial charge is 0.251 e. The van der Waals surface area contributed by atoms with Crippen LogP contribution in [0.2, 0.25) is 0 Å². The number of benzene rings is 3. The number of carbonyl (C=O) groups excluding carboxylic acids is 2. The molecule has 6 heteroatoms. The Morgan fingerprint density at radius 1 is 0.839 bits per heavy atom. The zero-order valence-electron chi connectivity index (χ0n) is 17.7. The normalized spacial score (nSPS) is 11.6. The minimum atomic E-state index is -0.315. The summed E-state index contributed by atoms with van der Waals surface area (Å²) in [6.07, 6.45) is 0. The van der Waals surface area contributed by atoms with Gasteiger partial charge in [-0.1, -0.05) is 48.5 Å². The quantitative estimate of drug-likeness (QED) is 0.558. The number of amides is 2. The lowest BCUT2D eigenvalue weighted by Gasteiger charge is -2.23. The SMILES string of the molecule is CN(C)C[C@@H](NC(=O)CNC(=O)c1ccc(Oc2ccccc2)cc1)c1ccccc1. The van der Waals surface area contributed by atoms with Gasteiger partial charge in [-0.25, -0.2) is 0 Å². The second-order valence-corrected chi connectivity index (χ2v) is 7.42. The fourth-order valence-corrected chi connectivity index (χ4v) is 3.09. The Morgan fingerprint density at radius 2 is 1.42 bits per heavy atom. The van der Waals surface area contributed by atoms with Gasteiger partial charge in [0.25, 0.3) is 5.91 Å². The molecule has 3 aromatic carbocycles. The molecule has 1 atom stereocenters. The molecule has 0 unspecified atom stereocenters. The Balaban J connectivity index is 1.52. The van der Waals surface area contributed by atoms with Crippen molar-refractivity contribution < 1.29 is 14.3 Å². The van der Waals surface area contributed by atoms with Crippen LogP contribution in [0.5, 0.6) is 11.5 Å². The second kappa shape index (κ2) is 10.9. The lowest BCUT2D eigenvalue weighted by Crippen LogP contribution is -2.41. The summed E-state index contributed by atoms with van der Waals surface area (Å²) in [6.45, 7) is 0.560. The monoisotopic (exact) mass is 417 g/mol. The molecule has 0 fully saturated rings. The number of hydrogen-bond acceptors (Lipinski definition) is 4. The van der Waals surface area contributed by atoms with E-state index in [2.05, 4.69) is 10.6 Å². The fraction of sp³-hybridized carbons (Fsp3) is 0.200. The van der Waals surface area contributed by atoms with Gasteiger partial charge in [0, 0.05) is 12.1 Å². The van der Waals surface area contributed by atoms with Crippen molar-refractivity contribution in [3.05, 3.63) is 96.1 Å². The zero-order valence-corrected chi connectivity index (χ0v) is 17.7. The number of carbonyl (C=O) groups is 2. The highest BCUT2D eigenvalue weighted by molar-refractivity contribution is 5.96. The van der Waals surface area contributed by atoms with E-state index in [4.69, 9.17) is 4.74 Å². The Kier molecular flexibility index (Phi) is 7.79. The molecule has 2 N–H and O–H groups in total. The summed E-state index contributed by atoms with van der Waals surface area (Å²) in [7, 11) is 3.91. The highest BCUT2D eigenvalue weighted by Gasteiger charge is 2.16. The number of nitrogens with one attached hydrogen (secondary N) is 2. The first-order valence-electron chi connectivity index (χ1n) is 10.1. The Labute approximate surface area is 182 Å². The summed E-state index contributed by atoms with van der Waals surface area (Å²) in [5.74, 6) is 0.801. The van der Waals surface area contributed by atoms with Crippen LogP contribution in [0.15, 0.2) is 84.9 Å². The standard InChI is InChI=1S/C25H27N3O3/c1-28(2)18-23(19-9-5-3-6-10-19)27-24(29)17-26-25(30)20-13-15-22(16-14-20)31-21-11-7-4-8-12-21/h3-16,23H,17-18H2,1-2H3,(H,26,30)(H,27,29)/t23-/m1/s1. The van der Waals surface area contributed by atoms with E-state index in [9.17, 15) is 9.59 Å². The van der Waals surface area contributed by atoms with Gasteiger partial charge in [-0.3, -0.25) is 9.59 Å². The Morgan fingerprint density at radius 3 is 2.03 bits per heavy atom. The zero-order chi connectivity index (χ0) is 22.1.